The van der Waals surface area contributed by atoms with Crippen LogP contribution in [0.1, 0.15) is 23.3 Å². The van der Waals surface area contributed by atoms with Crippen LogP contribution < -0.4 is 0 Å². The molecule has 2 atom stereocenters. The number of benzene rings is 2. The summed E-state index contributed by atoms with van der Waals surface area (Å²) in [5.41, 5.74) is 1.76. The maximum Gasteiger partial charge on any atom is 0.123 e. The molecule has 2 unspecified atom stereocenters. The van der Waals surface area contributed by atoms with Crippen LogP contribution in [0.5, 0.6) is 0 Å². The number of ether oxygens (including phenoxy) is 1. The average Bonchev–Trinajstić information content (AvgIpc) is 2.56. The molecular weight excluding hydrogens is 281 g/mol. The summed E-state index contributed by atoms with van der Waals surface area (Å²) in [6.45, 7) is 2.57. The minimum atomic E-state index is -0.521. The van der Waals surface area contributed by atoms with E-state index in [0.717, 1.165) is 17.7 Å². The first-order valence-corrected chi connectivity index (χ1v) is 7.55. The van der Waals surface area contributed by atoms with Crippen molar-refractivity contribution in [2.45, 2.75) is 12.2 Å². The molecule has 0 amide bonds. The number of morpholine rings is 1. The molecule has 3 nitrogen and oxygen atoms in total. The zero-order valence-electron chi connectivity index (χ0n) is 12.4. The van der Waals surface area contributed by atoms with Crippen molar-refractivity contribution in [1.29, 1.82) is 0 Å². The summed E-state index contributed by atoms with van der Waals surface area (Å²) >= 11 is 0. The molecule has 0 bridgehead atoms. The van der Waals surface area contributed by atoms with Gasteiger partial charge in [-0.15, -0.1) is 0 Å². The Kier molecular flexibility index (Phi) is 4.83. The second-order valence-electron chi connectivity index (χ2n) is 5.60. The summed E-state index contributed by atoms with van der Waals surface area (Å²) in [5.74, 6) is -0.248. The lowest BCUT2D eigenvalue weighted by molar-refractivity contribution is -0.0425. The average molecular weight is 301 g/mol. The predicted molar refractivity (Wildman–Crippen MR) is 82.9 cm³/mol. The smallest absolute Gasteiger partial charge is 0.123 e. The molecule has 0 spiro atoms. The minimum Gasteiger partial charge on any atom is -0.387 e. The van der Waals surface area contributed by atoms with Gasteiger partial charge in [-0.3, -0.25) is 4.90 Å². The van der Waals surface area contributed by atoms with Gasteiger partial charge in [-0.1, -0.05) is 42.5 Å². The van der Waals surface area contributed by atoms with E-state index in [1.165, 1.54) is 12.1 Å². The van der Waals surface area contributed by atoms with E-state index in [2.05, 4.69) is 4.90 Å². The lowest BCUT2D eigenvalue weighted by atomic mass is 10.1. The molecule has 116 valence electrons. The molecule has 1 saturated heterocycles. The van der Waals surface area contributed by atoms with Gasteiger partial charge in [0.1, 0.15) is 5.82 Å². The quantitative estimate of drug-likeness (QED) is 0.942. The van der Waals surface area contributed by atoms with Gasteiger partial charge in [0.15, 0.2) is 0 Å². The molecule has 1 N–H and O–H groups in total. The Balaban J connectivity index is 1.63. The summed E-state index contributed by atoms with van der Waals surface area (Å²) in [6.07, 6.45) is -0.667. The number of halogens is 1. The Labute approximate surface area is 130 Å². The van der Waals surface area contributed by atoms with Gasteiger partial charge in [0.2, 0.25) is 0 Å². The molecule has 2 aromatic carbocycles. The third kappa shape index (κ3) is 3.71. The van der Waals surface area contributed by atoms with Gasteiger partial charge in [-0.05, 0) is 23.3 Å². The highest BCUT2D eigenvalue weighted by atomic mass is 19.1. The summed E-state index contributed by atoms with van der Waals surface area (Å²) in [6, 6.07) is 16.2. The van der Waals surface area contributed by atoms with E-state index in [9.17, 15) is 9.50 Å². The molecule has 22 heavy (non-hydrogen) atoms. The highest BCUT2D eigenvalue weighted by Crippen LogP contribution is 2.24. The Morgan fingerprint density at radius 3 is 2.77 bits per heavy atom. The van der Waals surface area contributed by atoms with Crippen LogP contribution in [0.3, 0.4) is 0 Å². The van der Waals surface area contributed by atoms with Crippen molar-refractivity contribution in [2.75, 3.05) is 26.2 Å². The number of β-amino-alcohol motifs (C(OH)–C–C–N with tert-alkyl or cyclic N) is 1. The van der Waals surface area contributed by atoms with Crippen molar-refractivity contribution in [3.05, 3.63) is 71.5 Å². The van der Waals surface area contributed by atoms with E-state index < -0.39 is 6.10 Å². The van der Waals surface area contributed by atoms with Gasteiger partial charge < -0.3 is 9.84 Å². The van der Waals surface area contributed by atoms with Crippen LogP contribution in [0.4, 0.5) is 4.39 Å². The summed E-state index contributed by atoms with van der Waals surface area (Å²) in [4.78, 5) is 2.16. The van der Waals surface area contributed by atoms with Crippen LogP contribution in [-0.4, -0.2) is 36.2 Å². The molecule has 1 aliphatic heterocycles. The van der Waals surface area contributed by atoms with Crippen molar-refractivity contribution in [3.63, 3.8) is 0 Å². The largest absolute Gasteiger partial charge is 0.387 e. The molecule has 1 heterocycles. The van der Waals surface area contributed by atoms with Crippen molar-refractivity contribution in [2.24, 2.45) is 0 Å². The van der Waals surface area contributed by atoms with Gasteiger partial charge in [0, 0.05) is 19.6 Å². The zero-order chi connectivity index (χ0) is 15.4. The standard InChI is InChI=1S/C18H20FNO2/c19-16-8-4-7-15(11-16)18-13-20(9-10-22-18)12-17(21)14-5-2-1-3-6-14/h1-8,11,17-18,21H,9-10,12-13H2. The van der Waals surface area contributed by atoms with E-state index in [-0.39, 0.29) is 11.9 Å². The summed E-state index contributed by atoms with van der Waals surface area (Å²) < 4.78 is 19.1. The lowest BCUT2D eigenvalue weighted by Gasteiger charge is -2.34. The summed E-state index contributed by atoms with van der Waals surface area (Å²) in [7, 11) is 0. The lowest BCUT2D eigenvalue weighted by Crippen LogP contribution is -2.40. The number of hydrogen-bond acceptors (Lipinski definition) is 3. The van der Waals surface area contributed by atoms with E-state index >= 15 is 0 Å². The van der Waals surface area contributed by atoms with E-state index in [1.807, 2.05) is 36.4 Å². The molecule has 0 aliphatic carbocycles. The predicted octanol–water partition coefficient (Wildman–Crippen LogP) is 2.93. The van der Waals surface area contributed by atoms with Crippen LogP contribution in [0.15, 0.2) is 54.6 Å². The number of rotatable bonds is 4. The Bertz CT molecular complexity index is 605. The van der Waals surface area contributed by atoms with Crippen LogP contribution in [0.25, 0.3) is 0 Å². The van der Waals surface area contributed by atoms with E-state index in [4.69, 9.17) is 4.74 Å². The zero-order valence-corrected chi connectivity index (χ0v) is 12.4. The van der Waals surface area contributed by atoms with Crippen LogP contribution in [-0.2, 0) is 4.74 Å². The SMILES string of the molecule is OC(CN1CCOC(c2cccc(F)c2)C1)c1ccccc1. The van der Waals surface area contributed by atoms with Gasteiger partial charge >= 0.3 is 0 Å². The van der Waals surface area contributed by atoms with Gasteiger partial charge in [0.05, 0.1) is 18.8 Å². The molecular formula is C18H20FNO2. The molecule has 1 aliphatic rings. The molecule has 4 heteroatoms. The van der Waals surface area contributed by atoms with Gasteiger partial charge in [0.25, 0.3) is 0 Å². The molecule has 1 fully saturated rings. The van der Waals surface area contributed by atoms with E-state index in [1.54, 1.807) is 6.07 Å². The van der Waals surface area contributed by atoms with Crippen LogP contribution in [0.2, 0.25) is 0 Å². The minimum absolute atomic E-state index is 0.146. The maximum atomic E-state index is 13.3. The fourth-order valence-corrected chi connectivity index (χ4v) is 2.80. The first-order valence-electron chi connectivity index (χ1n) is 7.55. The highest BCUT2D eigenvalue weighted by molar-refractivity contribution is 5.20. The van der Waals surface area contributed by atoms with Gasteiger partial charge in [-0.2, -0.15) is 0 Å². The first-order chi connectivity index (χ1) is 10.7. The van der Waals surface area contributed by atoms with Crippen molar-refractivity contribution in [1.82, 2.24) is 4.90 Å². The maximum absolute atomic E-state index is 13.3. The van der Waals surface area contributed by atoms with Crippen molar-refractivity contribution in [3.8, 4) is 0 Å². The number of hydrogen-bond donors (Lipinski definition) is 1. The fraction of sp³-hybridized carbons (Fsp3) is 0.333. The third-order valence-electron chi connectivity index (χ3n) is 3.99. The second kappa shape index (κ2) is 7.01. The highest BCUT2D eigenvalue weighted by Gasteiger charge is 2.24. The number of nitrogens with zero attached hydrogens (tertiary/aromatic N) is 1. The molecule has 3 rings (SSSR count). The van der Waals surface area contributed by atoms with Crippen molar-refractivity contribution >= 4 is 0 Å². The topological polar surface area (TPSA) is 32.7 Å². The normalized spacial score (nSPS) is 20.7. The fourth-order valence-electron chi connectivity index (χ4n) is 2.80. The Morgan fingerprint density at radius 2 is 2.00 bits per heavy atom. The van der Waals surface area contributed by atoms with Crippen LogP contribution in [0, 0.1) is 5.82 Å². The van der Waals surface area contributed by atoms with Crippen LogP contribution >= 0.6 is 0 Å². The molecule has 0 saturated carbocycles. The molecule has 2 aromatic rings. The Morgan fingerprint density at radius 1 is 1.18 bits per heavy atom. The van der Waals surface area contributed by atoms with Gasteiger partial charge in [-0.25, -0.2) is 4.39 Å². The number of aliphatic hydroxyl groups excluding tert-OH is 1. The third-order valence-corrected chi connectivity index (χ3v) is 3.99. The summed E-state index contributed by atoms with van der Waals surface area (Å²) in [5, 5.41) is 10.3. The van der Waals surface area contributed by atoms with Crippen molar-refractivity contribution < 1.29 is 14.2 Å². The first kappa shape index (κ1) is 15.2. The number of aliphatic hydroxyl groups is 1. The Hall–Kier alpha value is -1.75. The molecule has 0 radical (unpaired) electrons. The second-order valence-corrected chi connectivity index (χ2v) is 5.60. The van der Waals surface area contributed by atoms with E-state index in [0.29, 0.717) is 19.7 Å². The monoisotopic (exact) mass is 301 g/mol. The molecule has 0 aromatic heterocycles.